The molecule has 0 radical (unpaired) electrons. The Kier molecular flexibility index (Phi) is 4.88. The minimum atomic E-state index is -0.236. The van der Waals surface area contributed by atoms with Crippen molar-refractivity contribution in [1.82, 2.24) is 0 Å². The lowest BCUT2D eigenvalue weighted by molar-refractivity contribution is -0.120. The molecule has 2 aliphatic rings. The highest BCUT2D eigenvalue weighted by Gasteiger charge is 2.37. The van der Waals surface area contributed by atoms with Gasteiger partial charge in [-0.1, -0.05) is 24.3 Å². The van der Waals surface area contributed by atoms with Crippen molar-refractivity contribution in [2.45, 2.75) is 50.4 Å². The van der Waals surface area contributed by atoms with E-state index in [0.29, 0.717) is 24.7 Å². The van der Waals surface area contributed by atoms with Crippen molar-refractivity contribution < 1.29 is 13.6 Å². The number of rotatable bonds is 8. The Balaban J connectivity index is 1.45. The molecule has 1 nitrogen and oxygen atoms in total. The molecule has 26 heavy (non-hydrogen) atoms. The molecule has 3 heteroatoms. The molecule has 0 aliphatic heterocycles. The number of carbonyl (C=O) groups is 1. The van der Waals surface area contributed by atoms with Crippen LogP contribution in [0.25, 0.3) is 0 Å². The highest BCUT2D eigenvalue weighted by Crippen LogP contribution is 2.47. The van der Waals surface area contributed by atoms with Gasteiger partial charge in [0.15, 0.2) is 0 Å². The number of Topliss-reactive ketones (excluding diaryl/α,β-unsaturated/α-hetero) is 1. The average Bonchev–Trinajstić information content (AvgIpc) is 3.53. The zero-order valence-electron chi connectivity index (χ0n) is 14.8. The molecule has 0 aromatic heterocycles. The summed E-state index contributed by atoms with van der Waals surface area (Å²) in [7, 11) is 0. The molecule has 2 atom stereocenters. The molecule has 0 bridgehead atoms. The normalized spacial score (nSPS) is 19.2. The number of halogens is 2. The summed E-state index contributed by atoms with van der Waals surface area (Å²) in [6.45, 7) is 0. The third-order valence-corrected chi connectivity index (χ3v) is 5.87. The summed E-state index contributed by atoms with van der Waals surface area (Å²) in [5.74, 6) is 1.31. The number of hydrogen-bond donors (Lipinski definition) is 0. The van der Waals surface area contributed by atoms with Crippen molar-refractivity contribution in [2.75, 3.05) is 0 Å². The van der Waals surface area contributed by atoms with Crippen LogP contribution in [0.5, 0.6) is 0 Å². The zero-order chi connectivity index (χ0) is 18.1. The molecule has 2 fully saturated rings. The Bertz CT molecular complexity index is 692. The largest absolute Gasteiger partial charge is 0.300 e. The first-order valence-electron chi connectivity index (χ1n) is 9.63. The smallest absolute Gasteiger partial charge is 0.134 e. The lowest BCUT2D eigenvalue weighted by atomic mass is 9.84. The molecule has 2 aromatic rings. The van der Waals surface area contributed by atoms with Gasteiger partial charge < -0.3 is 0 Å². The van der Waals surface area contributed by atoms with Crippen LogP contribution < -0.4 is 0 Å². The van der Waals surface area contributed by atoms with Gasteiger partial charge in [0.05, 0.1) is 0 Å². The summed E-state index contributed by atoms with van der Waals surface area (Å²) in [6.07, 6.45) is 5.67. The maximum atomic E-state index is 13.2. The van der Waals surface area contributed by atoms with Gasteiger partial charge in [0, 0.05) is 12.8 Å². The van der Waals surface area contributed by atoms with Gasteiger partial charge >= 0.3 is 0 Å². The number of carbonyl (C=O) groups excluding carboxylic acids is 1. The van der Waals surface area contributed by atoms with Crippen molar-refractivity contribution in [3.8, 4) is 0 Å². The predicted octanol–water partition coefficient (Wildman–Crippen LogP) is 6.00. The van der Waals surface area contributed by atoms with E-state index < -0.39 is 0 Å². The molecule has 0 unspecified atom stereocenters. The van der Waals surface area contributed by atoms with Crippen LogP contribution >= 0.6 is 0 Å². The Morgan fingerprint density at radius 3 is 1.38 bits per heavy atom. The van der Waals surface area contributed by atoms with Gasteiger partial charge in [0.2, 0.25) is 0 Å². The van der Waals surface area contributed by atoms with Gasteiger partial charge in [-0.2, -0.15) is 0 Å². The number of ketones is 1. The molecule has 0 heterocycles. The lowest BCUT2D eigenvalue weighted by Crippen LogP contribution is -2.14. The molecule has 0 saturated heterocycles. The minimum Gasteiger partial charge on any atom is -0.300 e. The average molecular weight is 354 g/mol. The minimum absolute atomic E-state index is 0.205. The highest BCUT2D eigenvalue weighted by atomic mass is 19.1. The maximum absolute atomic E-state index is 13.2. The van der Waals surface area contributed by atoms with Gasteiger partial charge in [0.1, 0.15) is 17.4 Å². The summed E-state index contributed by atoms with van der Waals surface area (Å²) in [4.78, 5) is 12.9. The van der Waals surface area contributed by atoms with Crippen LogP contribution in [0.4, 0.5) is 8.78 Å². The van der Waals surface area contributed by atoms with Crippen LogP contribution in [-0.4, -0.2) is 5.78 Å². The standard InChI is InChI=1S/C23H24F2O/c24-19-9-5-17(6-10-19)22(15-1-2-15)13-21(26)14-23(16-3-4-16)18-7-11-20(25)12-8-18/h5-12,15-16,22-23H,1-4,13-14H2/t22-,23-/m1/s1. The SMILES string of the molecule is O=C(C[C@@H](c1ccc(F)cc1)C1CC1)C[C@@H](c1ccc(F)cc1)C1CC1. The van der Waals surface area contributed by atoms with Crippen molar-refractivity contribution >= 4 is 5.78 Å². The molecule has 2 aromatic carbocycles. The fraction of sp³-hybridized carbons (Fsp3) is 0.435. The topological polar surface area (TPSA) is 17.1 Å². The summed E-state index contributed by atoms with van der Waals surface area (Å²) < 4.78 is 26.4. The van der Waals surface area contributed by atoms with Gasteiger partial charge in [-0.3, -0.25) is 4.79 Å². The summed E-state index contributed by atoms with van der Waals surface area (Å²) in [6, 6.07) is 13.2. The number of hydrogen-bond acceptors (Lipinski definition) is 1. The molecular formula is C23H24F2O. The van der Waals surface area contributed by atoms with Gasteiger partial charge in [0.25, 0.3) is 0 Å². The molecular weight excluding hydrogens is 330 g/mol. The third kappa shape index (κ3) is 4.20. The number of benzene rings is 2. The van der Waals surface area contributed by atoms with Crippen LogP contribution in [0.15, 0.2) is 48.5 Å². The molecule has 0 amide bonds. The van der Waals surface area contributed by atoms with Crippen molar-refractivity contribution in [2.24, 2.45) is 11.8 Å². The maximum Gasteiger partial charge on any atom is 0.134 e. The molecule has 136 valence electrons. The van der Waals surface area contributed by atoms with E-state index >= 15 is 0 Å². The van der Waals surface area contributed by atoms with Crippen molar-refractivity contribution in [1.29, 1.82) is 0 Å². The Morgan fingerprint density at radius 1 is 0.731 bits per heavy atom. The van der Waals surface area contributed by atoms with E-state index in [1.807, 2.05) is 24.3 Å². The second-order valence-electron chi connectivity index (χ2n) is 7.94. The molecule has 0 N–H and O–H groups in total. The van der Waals surface area contributed by atoms with Crippen LogP contribution in [0.3, 0.4) is 0 Å². The monoisotopic (exact) mass is 354 g/mol. The summed E-state index contributed by atoms with van der Waals surface area (Å²) >= 11 is 0. The van der Waals surface area contributed by atoms with Crippen molar-refractivity contribution in [3.05, 3.63) is 71.3 Å². The van der Waals surface area contributed by atoms with Gasteiger partial charge in [-0.05, 0) is 84.7 Å². The van der Waals surface area contributed by atoms with Gasteiger partial charge in [-0.15, -0.1) is 0 Å². The van der Waals surface area contributed by atoms with Crippen LogP contribution in [-0.2, 0) is 4.79 Å². The quantitative estimate of drug-likeness (QED) is 0.568. The molecule has 2 aliphatic carbocycles. The Morgan fingerprint density at radius 2 is 1.08 bits per heavy atom. The van der Waals surface area contributed by atoms with E-state index in [-0.39, 0.29) is 29.3 Å². The van der Waals surface area contributed by atoms with E-state index in [9.17, 15) is 13.6 Å². The molecule has 2 saturated carbocycles. The summed E-state index contributed by atoms with van der Waals surface area (Å²) in [5.41, 5.74) is 2.15. The van der Waals surface area contributed by atoms with Crippen LogP contribution in [0, 0.1) is 23.5 Å². The first-order valence-corrected chi connectivity index (χ1v) is 9.63. The van der Waals surface area contributed by atoms with Crippen LogP contribution in [0.1, 0.15) is 61.5 Å². The predicted molar refractivity (Wildman–Crippen MR) is 98.0 cm³/mol. The fourth-order valence-corrected chi connectivity index (χ4v) is 4.10. The van der Waals surface area contributed by atoms with E-state index in [1.54, 1.807) is 0 Å². The Hall–Kier alpha value is -2.03. The zero-order valence-corrected chi connectivity index (χ0v) is 14.8. The lowest BCUT2D eigenvalue weighted by Gasteiger charge is -2.20. The second kappa shape index (κ2) is 7.30. The van der Waals surface area contributed by atoms with Gasteiger partial charge in [-0.25, -0.2) is 8.78 Å². The highest BCUT2D eigenvalue weighted by molar-refractivity contribution is 5.80. The molecule has 4 rings (SSSR count). The summed E-state index contributed by atoms with van der Waals surface area (Å²) in [5, 5.41) is 0. The van der Waals surface area contributed by atoms with E-state index in [0.717, 1.165) is 36.8 Å². The molecule has 0 spiro atoms. The Labute approximate surface area is 153 Å². The van der Waals surface area contributed by atoms with E-state index in [4.69, 9.17) is 0 Å². The van der Waals surface area contributed by atoms with Crippen LogP contribution in [0.2, 0.25) is 0 Å². The first-order chi connectivity index (χ1) is 12.6. The fourth-order valence-electron chi connectivity index (χ4n) is 4.10. The second-order valence-corrected chi connectivity index (χ2v) is 7.94. The first kappa shape index (κ1) is 17.4. The third-order valence-electron chi connectivity index (χ3n) is 5.87. The van der Waals surface area contributed by atoms with E-state index in [2.05, 4.69) is 0 Å². The van der Waals surface area contributed by atoms with Crippen molar-refractivity contribution in [3.63, 3.8) is 0 Å². The van der Waals surface area contributed by atoms with E-state index in [1.165, 1.54) is 24.3 Å².